The molecule has 1 aromatic rings. The molecule has 0 aliphatic rings. The summed E-state index contributed by atoms with van der Waals surface area (Å²) in [5, 5.41) is 16.1. The standard InChI is InChI=1S/C8H16N4O/c9-8-7-12(11-10-8)5-3-1-2-4-6-13/h7,13H,1-6,9H2. The second-order valence-electron chi connectivity index (χ2n) is 3.04. The summed E-state index contributed by atoms with van der Waals surface area (Å²) < 4.78 is 1.74. The maximum atomic E-state index is 8.54. The van der Waals surface area contributed by atoms with Crippen LogP contribution >= 0.6 is 0 Å². The van der Waals surface area contributed by atoms with Gasteiger partial charge in [0.05, 0.1) is 6.20 Å². The van der Waals surface area contributed by atoms with Crippen LogP contribution in [0.3, 0.4) is 0 Å². The monoisotopic (exact) mass is 184 g/mol. The molecule has 5 nitrogen and oxygen atoms in total. The summed E-state index contributed by atoms with van der Waals surface area (Å²) in [7, 11) is 0. The Balaban J connectivity index is 2.06. The number of nitrogen functional groups attached to an aromatic ring is 1. The van der Waals surface area contributed by atoms with Gasteiger partial charge in [-0.25, -0.2) is 0 Å². The van der Waals surface area contributed by atoms with Crippen LogP contribution in [0.5, 0.6) is 0 Å². The molecule has 1 aromatic heterocycles. The zero-order valence-corrected chi connectivity index (χ0v) is 7.69. The van der Waals surface area contributed by atoms with Gasteiger partial charge in [0.15, 0.2) is 5.82 Å². The van der Waals surface area contributed by atoms with Gasteiger partial charge in [0.1, 0.15) is 0 Å². The first kappa shape index (κ1) is 9.98. The molecule has 74 valence electrons. The third-order valence-corrected chi connectivity index (χ3v) is 1.85. The fourth-order valence-corrected chi connectivity index (χ4v) is 1.16. The van der Waals surface area contributed by atoms with Crippen molar-refractivity contribution in [2.45, 2.75) is 32.2 Å². The molecule has 0 aromatic carbocycles. The van der Waals surface area contributed by atoms with Crippen molar-refractivity contribution < 1.29 is 5.11 Å². The summed E-state index contributed by atoms with van der Waals surface area (Å²) in [6, 6.07) is 0. The number of hydrogen-bond donors (Lipinski definition) is 2. The summed E-state index contributed by atoms with van der Waals surface area (Å²) in [5.41, 5.74) is 5.40. The Morgan fingerprint density at radius 2 is 2.08 bits per heavy atom. The van der Waals surface area contributed by atoms with Gasteiger partial charge < -0.3 is 10.8 Å². The number of nitrogens with zero attached hydrogens (tertiary/aromatic N) is 3. The highest BCUT2D eigenvalue weighted by molar-refractivity contribution is 5.19. The first-order valence-electron chi connectivity index (χ1n) is 4.59. The van der Waals surface area contributed by atoms with Crippen molar-refractivity contribution in [2.75, 3.05) is 12.3 Å². The molecule has 0 bridgehead atoms. The SMILES string of the molecule is Nc1cn(CCCCCCO)nn1. The van der Waals surface area contributed by atoms with Crippen molar-refractivity contribution >= 4 is 5.82 Å². The van der Waals surface area contributed by atoms with E-state index in [1.807, 2.05) is 0 Å². The summed E-state index contributed by atoms with van der Waals surface area (Å²) >= 11 is 0. The van der Waals surface area contributed by atoms with Crippen molar-refractivity contribution in [1.82, 2.24) is 15.0 Å². The topological polar surface area (TPSA) is 77.0 Å². The zero-order chi connectivity index (χ0) is 9.52. The van der Waals surface area contributed by atoms with Crippen LogP contribution in [0.2, 0.25) is 0 Å². The second kappa shape index (κ2) is 5.53. The van der Waals surface area contributed by atoms with E-state index in [2.05, 4.69) is 10.3 Å². The Labute approximate surface area is 77.6 Å². The minimum Gasteiger partial charge on any atom is -0.396 e. The zero-order valence-electron chi connectivity index (χ0n) is 7.69. The third kappa shape index (κ3) is 3.89. The van der Waals surface area contributed by atoms with E-state index >= 15 is 0 Å². The number of hydrogen-bond acceptors (Lipinski definition) is 4. The predicted molar refractivity (Wildman–Crippen MR) is 50.0 cm³/mol. The number of nitrogens with two attached hydrogens (primary N) is 1. The molecular formula is C8H16N4O. The van der Waals surface area contributed by atoms with E-state index in [-0.39, 0.29) is 6.61 Å². The minimum absolute atomic E-state index is 0.288. The maximum Gasteiger partial charge on any atom is 0.165 e. The van der Waals surface area contributed by atoms with E-state index in [4.69, 9.17) is 10.8 Å². The number of rotatable bonds is 6. The number of anilines is 1. The average Bonchev–Trinajstić information content (AvgIpc) is 2.51. The van der Waals surface area contributed by atoms with Gasteiger partial charge in [0.2, 0.25) is 0 Å². The van der Waals surface area contributed by atoms with E-state index in [1.165, 1.54) is 0 Å². The van der Waals surface area contributed by atoms with Gasteiger partial charge in [-0.15, -0.1) is 5.10 Å². The van der Waals surface area contributed by atoms with Crippen molar-refractivity contribution in [3.63, 3.8) is 0 Å². The van der Waals surface area contributed by atoms with Gasteiger partial charge in [-0.2, -0.15) is 0 Å². The van der Waals surface area contributed by atoms with Crippen LogP contribution in [0.15, 0.2) is 6.20 Å². The second-order valence-corrected chi connectivity index (χ2v) is 3.04. The lowest BCUT2D eigenvalue weighted by molar-refractivity contribution is 0.282. The molecule has 13 heavy (non-hydrogen) atoms. The van der Waals surface area contributed by atoms with E-state index in [1.54, 1.807) is 10.9 Å². The molecule has 1 rings (SSSR count). The first-order chi connectivity index (χ1) is 6.33. The molecule has 0 aliphatic carbocycles. The highest BCUT2D eigenvalue weighted by atomic mass is 16.2. The molecule has 1 heterocycles. The van der Waals surface area contributed by atoms with Crippen LogP contribution in [-0.2, 0) is 6.54 Å². The van der Waals surface area contributed by atoms with Crippen molar-refractivity contribution in [3.05, 3.63) is 6.20 Å². The Morgan fingerprint density at radius 3 is 2.69 bits per heavy atom. The van der Waals surface area contributed by atoms with Crippen LogP contribution < -0.4 is 5.73 Å². The molecule has 0 radical (unpaired) electrons. The van der Waals surface area contributed by atoms with Crippen LogP contribution in [-0.4, -0.2) is 26.7 Å². The van der Waals surface area contributed by atoms with E-state index in [0.29, 0.717) is 5.82 Å². The van der Waals surface area contributed by atoms with Gasteiger partial charge >= 0.3 is 0 Å². The fourth-order valence-electron chi connectivity index (χ4n) is 1.16. The Kier molecular flexibility index (Phi) is 4.25. The number of aliphatic hydroxyl groups is 1. The highest BCUT2D eigenvalue weighted by Gasteiger charge is 1.95. The molecule has 0 aliphatic heterocycles. The lowest BCUT2D eigenvalue weighted by Crippen LogP contribution is -1.98. The van der Waals surface area contributed by atoms with Crippen LogP contribution in [0.1, 0.15) is 25.7 Å². The third-order valence-electron chi connectivity index (χ3n) is 1.85. The number of unbranched alkanes of at least 4 members (excludes halogenated alkanes) is 3. The smallest absolute Gasteiger partial charge is 0.165 e. The predicted octanol–water partition coefficient (Wildman–Crippen LogP) is 0.413. The van der Waals surface area contributed by atoms with Gasteiger partial charge in [-0.05, 0) is 12.8 Å². The highest BCUT2D eigenvalue weighted by Crippen LogP contribution is 2.01. The van der Waals surface area contributed by atoms with Crippen molar-refractivity contribution in [2.24, 2.45) is 0 Å². The van der Waals surface area contributed by atoms with Crippen LogP contribution in [0, 0.1) is 0 Å². The van der Waals surface area contributed by atoms with E-state index in [9.17, 15) is 0 Å². The Morgan fingerprint density at radius 1 is 1.31 bits per heavy atom. The lowest BCUT2D eigenvalue weighted by Gasteiger charge is -1.99. The molecular weight excluding hydrogens is 168 g/mol. The van der Waals surface area contributed by atoms with Gasteiger partial charge in [0, 0.05) is 13.2 Å². The number of aryl methyl sites for hydroxylation is 1. The molecule has 0 saturated carbocycles. The van der Waals surface area contributed by atoms with Crippen molar-refractivity contribution in [3.8, 4) is 0 Å². The van der Waals surface area contributed by atoms with Crippen molar-refractivity contribution in [1.29, 1.82) is 0 Å². The molecule has 0 amide bonds. The molecule has 0 atom stereocenters. The van der Waals surface area contributed by atoms with Crippen LogP contribution in [0.4, 0.5) is 5.82 Å². The van der Waals surface area contributed by atoms with E-state index in [0.717, 1.165) is 32.2 Å². The summed E-state index contributed by atoms with van der Waals surface area (Å²) in [6.45, 7) is 1.14. The molecule has 0 fully saturated rings. The van der Waals surface area contributed by atoms with Gasteiger partial charge in [-0.1, -0.05) is 18.1 Å². The molecule has 0 unspecified atom stereocenters. The van der Waals surface area contributed by atoms with Gasteiger partial charge in [-0.3, -0.25) is 4.68 Å². The molecule has 3 N–H and O–H groups in total. The molecule has 0 saturated heterocycles. The lowest BCUT2D eigenvalue weighted by atomic mass is 10.2. The average molecular weight is 184 g/mol. The van der Waals surface area contributed by atoms with Gasteiger partial charge in [0.25, 0.3) is 0 Å². The quantitative estimate of drug-likeness (QED) is 0.628. The largest absolute Gasteiger partial charge is 0.396 e. The Bertz CT molecular complexity index is 236. The summed E-state index contributed by atoms with van der Waals surface area (Å²) in [4.78, 5) is 0. The molecule has 0 spiro atoms. The van der Waals surface area contributed by atoms with Crippen LogP contribution in [0.25, 0.3) is 0 Å². The summed E-state index contributed by atoms with van der Waals surface area (Å²) in [5.74, 6) is 0.468. The normalized spacial score (nSPS) is 10.5. The van der Waals surface area contributed by atoms with E-state index < -0.39 is 0 Å². The number of aliphatic hydroxyl groups excluding tert-OH is 1. The summed E-state index contributed by atoms with van der Waals surface area (Å²) in [6.07, 6.45) is 5.86. The minimum atomic E-state index is 0.288. The first-order valence-corrected chi connectivity index (χ1v) is 4.59. The number of aromatic nitrogens is 3. The fraction of sp³-hybridized carbons (Fsp3) is 0.750. The maximum absolute atomic E-state index is 8.54. The molecule has 5 heteroatoms. The Hall–Kier alpha value is -1.10.